The molecular weight excluding hydrogens is 258 g/mol. The van der Waals surface area contributed by atoms with Gasteiger partial charge < -0.3 is 16.4 Å². The minimum atomic E-state index is -0.423. The number of nitrogens with two attached hydrogens (primary N) is 1. The number of para-hydroxylation sites is 1. The SMILES string of the molecule is N#C/C(=N\Nc1cccc2c1NCCNC2=O)C(=N)N. The number of benzene rings is 1. The largest absolute Gasteiger partial charge is 0.382 e. The van der Waals surface area contributed by atoms with Crippen LogP contribution in [-0.4, -0.2) is 30.5 Å². The molecule has 1 aromatic rings. The molecule has 1 heterocycles. The van der Waals surface area contributed by atoms with Crippen LogP contribution in [0.25, 0.3) is 0 Å². The summed E-state index contributed by atoms with van der Waals surface area (Å²) in [5.41, 5.74) is 9.27. The molecular formula is C12H13N7O. The molecule has 0 fully saturated rings. The first-order valence-electron chi connectivity index (χ1n) is 5.86. The van der Waals surface area contributed by atoms with E-state index < -0.39 is 5.84 Å². The molecule has 102 valence electrons. The first-order chi connectivity index (χ1) is 9.63. The zero-order chi connectivity index (χ0) is 14.5. The maximum absolute atomic E-state index is 11.8. The number of hydrazone groups is 1. The Kier molecular flexibility index (Phi) is 3.81. The average Bonchev–Trinajstić information content (AvgIpc) is 2.62. The third-order valence-electron chi connectivity index (χ3n) is 2.67. The zero-order valence-corrected chi connectivity index (χ0v) is 10.5. The van der Waals surface area contributed by atoms with Gasteiger partial charge in [0.25, 0.3) is 5.91 Å². The van der Waals surface area contributed by atoms with E-state index in [4.69, 9.17) is 16.4 Å². The Morgan fingerprint density at radius 1 is 1.45 bits per heavy atom. The van der Waals surface area contributed by atoms with Crippen molar-refractivity contribution >= 4 is 28.8 Å². The van der Waals surface area contributed by atoms with E-state index in [0.29, 0.717) is 30.0 Å². The Labute approximate surface area is 115 Å². The van der Waals surface area contributed by atoms with Crippen molar-refractivity contribution in [3.8, 4) is 6.07 Å². The molecule has 8 nitrogen and oxygen atoms in total. The standard InChI is InChI=1S/C12H13N7O/c13-6-9(11(14)15)19-18-8-3-1-2-7-10(8)16-4-5-17-12(7)20/h1-3,16,18H,4-5H2,(H3,14,15)(H,17,20)/b19-9+. The predicted octanol–water partition coefficient (Wildman–Crippen LogP) is 0.0693. The molecule has 2 rings (SSSR count). The molecule has 0 bridgehead atoms. The van der Waals surface area contributed by atoms with E-state index in [1.807, 2.05) is 0 Å². The van der Waals surface area contributed by atoms with Crippen molar-refractivity contribution in [2.75, 3.05) is 23.8 Å². The van der Waals surface area contributed by atoms with Crippen molar-refractivity contribution in [3.63, 3.8) is 0 Å². The lowest BCUT2D eigenvalue weighted by molar-refractivity contribution is 0.0958. The number of anilines is 2. The Hall–Kier alpha value is -3.08. The van der Waals surface area contributed by atoms with Crippen LogP contribution in [0.1, 0.15) is 10.4 Å². The highest BCUT2D eigenvalue weighted by Crippen LogP contribution is 2.27. The van der Waals surface area contributed by atoms with Gasteiger partial charge in [-0.25, -0.2) is 0 Å². The third-order valence-corrected chi connectivity index (χ3v) is 2.67. The van der Waals surface area contributed by atoms with Crippen molar-refractivity contribution in [3.05, 3.63) is 23.8 Å². The van der Waals surface area contributed by atoms with Gasteiger partial charge in [0, 0.05) is 13.1 Å². The molecule has 8 heteroatoms. The fourth-order valence-corrected chi connectivity index (χ4v) is 1.75. The van der Waals surface area contributed by atoms with Gasteiger partial charge >= 0.3 is 0 Å². The van der Waals surface area contributed by atoms with Crippen LogP contribution in [-0.2, 0) is 0 Å². The second-order valence-corrected chi connectivity index (χ2v) is 4.01. The summed E-state index contributed by atoms with van der Waals surface area (Å²) in [7, 11) is 0. The Balaban J connectivity index is 2.35. The van der Waals surface area contributed by atoms with Crippen LogP contribution < -0.4 is 21.8 Å². The first kappa shape index (κ1) is 13.4. The summed E-state index contributed by atoms with van der Waals surface area (Å²) in [6.07, 6.45) is 0. The summed E-state index contributed by atoms with van der Waals surface area (Å²) in [5.74, 6) is -0.600. The van der Waals surface area contributed by atoms with Gasteiger partial charge in [-0.15, -0.1) is 0 Å². The van der Waals surface area contributed by atoms with Gasteiger partial charge in [0.2, 0.25) is 5.71 Å². The Bertz CT molecular complexity index is 629. The van der Waals surface area contributed by atoms with Crippen molar-refractivity contribution in [2.24, 2.45) is 10.8 Å². The van der Waals surface area contributed by atoms with Crippen molar-refractivity contribution in [1.29, 1.82) is 10.7 Å². The minimum absolute atomic E-state index is 0.176. The third kappa shape index (κ3) is 2.67. The summed E-state index contributed by atoms with van der Waals surface area (Å²) in [5, 5.41) is 25.6. The number of amides is 1. The van der Waals surface area contributed by atoms with Crippen LogP contribution in [0.3, 0.4) is 0 Å². The van der Waals surface area contributed by atoms with Crippen LogP contribution in [0.4, 0.5) is 11.4 Å². The molecule has 6 N–H and O–H groups in total. The molecule has 1 aliphatic rings. The number of hydrogen-bond donors (Lipinski definition) is 5. The molecule has 1 aliphatic heterocycles. The van der Waals surface area contributed by atoms with Crippen LogP contribution in [0.15, 0.2) is 23.3 Å². The molecule has 0 radical (unpaired) electrons. The fourth-order valence-electron chi connectivity index (χ4n) is 1.75. The van der Waals surface area contributed by atoms with Crippen LogP contribution >= 0.6 is 0 Å². The van der Waals surface area contributed by atoms with Crippen molar-refractivity contribution in [1.82, 2.24) is 5.32 Å². The highest BCUT2D eigenvalue weighted by molar-refractivity contribution is 6.45. The maximum atomic E-state index is 11.8. The molecule has 0 aromatic heterocycles. The van der Waals surface area contributed by atoms with Gasteiger partial charge in [0.05, 0.1) is 16.9 Å². The molecule has 0 spiro atoms. The fraction of sp³-hybridized carbons (Fsp3) is 0.167. The van der Waals surface area contributed by atoms with Crippen molar-refractivity contribution < 1.29 is 4.79 Å². The number of nitriles is 1. The highest BCUT2D eigenvalue weighted by atomic mass is 16.1. The van der Waals surface area contributed by atoms with Crippen LogP contribution in [0.2, 0.25) is 0 Å². The van der Waals surface area contributed by atoms with E-state index in [0.717, 1.165) is 0 Å². The lowest BCUT2D eigenvalue weighted by atomic mass is 10.1. The normalized spacial score (nSPS) is 14.2. The maximum Gasteiger partial charge on any atom is 0.253 e. The number of carbonyl (C=O) groups is 1. The number of nitrogens with one attached hydrogen (secondary N) is 4. The van der Waals surface area contributed by atoms with E-state index in [1.165, 1.54) is 0 Å². The van der Waals surface area contributed by atoms with Gasteiger partial charge in [0.15, 0.2) is 5.84 Å². The van der Waals surface area contributed by atoms with Gasteiger partial charge in [-0.3, -0.25) is 15.6 Å². The lowest BCUT2D eigenvalue weighted by Crippen LogP contribution is -2.24. The van der Waals surface area contributed by atoms with E-state index in [-0.39, 0.29) is 11.6 Å². The topological polar surface area (TPSA) is 139 Å². The highest BCUT2D eigenvalue weighted by Gasteiger charge is 2.17. The summed E-state index contributed by atoms with van der Waals surface area (Å²) >= 11 is 0. The number of fused-ring (bicyclic) bond motifs is 1. The van der Waals surface area contributed by atoms with Crippen LogP contribution in [0.5, 0.6) is 0 Å². The number of hydrogen-bond acceptors (Lipinski definition) is 6. The summed E-state index contributed by atoms with van der Waals surface area (Å²) < 4.78 is 0. The summed E-state index contributed by atoms with van der Waals surface area (Å²) in [4.78, 5) is 11.8. The van der Waals surface area contributed by atoms with E-state index in [2.05, 4.69) is 21.2 Å². The predicted molar refractivity (Wildman–Crippen MR) is 75.8 cm³/mol. The quantitative estimate of drug-likeness (QED) is 0.301. The van der Waals surface area contributed by atoms with E-state index in [1.54, 1.807) is 24.3 Å². The van der Waals surface area contributed by atoms with Crippen molar-refractivity contribution in [2.45, 2.75) is 0 Å². The summed E-state index contributed by atoms with van der Waals surface area (Å²) in [6, 6.07) is 6.81. The molecule has 1 amide bonds. The van der Waals surface area contributed by atoms with Gasteiger partial charge in [0.1, 0.15) is 6.07 Å². The molecule has 1 aromatic carbocycles. The van der Waals surface area contributed by atoms with Gasteiger partial charge in [-0.2, -0.15) is 10.4 Å². The molecule has 0 aliphatic carbocycles. The molecule has 0 unspecified atom stereocenters. The molecule has 20 heavy (non-hydrogen) atoms. The number of amidine groups is 1. The lowest BCUT2D eigenvalue weighted by Gasteiger charge is -2.11. The second kappa shape index (κ2) is 5.71. The smallest absolute Gasteiger partial charge is 0.253 e. The Morgan fingerprint density at radius 3 is 2.90 bits per heavy atom. The first-order valence-corrected chi connectivity index (χ1v) is 5.86. The molecule has 0 atom stereocenters. The summed E-state index contributed by atoms with van der Waals surface area (Å²) in [6.45, 7) is 1.10. The Morgan fingerprint density at radius 2 is 2.20 bits per heavy atom. The minimum Gasteiger partial charge on any atom is -0.382 e. The van der Waals surface area contributed by atoms with Crippen LogP contribution in [0, 0.1) is 16.7 Å². The molecule has 0 saturated carbocycles. The van der Waals surface area contributed by atoms with E-state index in [9.17, 15) is 4.79 Å². The van der Waals surface area contributed by atoms with Gasteiger partial charge in [-0.05, 0) is 12.1 Å². The number of nitrogens with zero attached hydrogens (tertiary/aromatic N) is 2. The van der Waals surface area contributed by atoms with E-state index >= 15 is 0 Å². The second-order valence-electron chi connectivity index (χ2n) is 4.01. The average molecular weight is 271 g/mol. The number of carbonyl (C=O) groups excluding carboxylic acids is 1. The number of rotatable bonds is 3. The van der Waals surface area contributed by atoms with Gasteiger partial charge in [-0.1, -0.05) is 6.07 Å². The monoisotopic (exact) mass is 271 g/mol. The zero-order valence-electron chi connectivity index (χ0n) is 10.5. The molecule has 0 saturated heterocycles.